The highest BCUT2D eigenvalue weighted by Crippen LogP contribution is 2.24. The number of likely N-dealkylation sites (tertiary alicyclic amines) is 1. The zero-order valence-electron chi connectivity index (χ0n) is 13.3. The normalized spacial score (nSPS) is 16.0. The van der Waals surface area contributed by atoms with E-state index in [1.54, 1.807) is 0 Å². The highest BCUT2D eigenvalue weighted by atomic mass is 16.2. The van der Waals surface area contributed by atoms with Crippen LogP contribution >= 0.6 is 0 Å². The predicted molar refractivity (Wildman–Crippen MR) is 86.7 cm³/mol. The van der Waals surface area contributed by atoms with Gasteiger partial charge in [0.15, 0.2) is 0 Å². The van der Waals surface area contributed by atoms with Gasteiger partial charge in [0.05, 0.1) is 18.2 Å². The van der Waals surface area contributed by atoms with E-state index in [9.17, 15) is 4.79 Å². The molecule has 0 saturated carbocycles. The number of rotatable bonds is 3. The smallest absolute Gasteiger partial charge is 0.226 e. The van der Waals surface area contributed by atoms with Crippen molar-refractivity contribution in [1.29, 1.82) is 0 Å². The second kappa shape index (κ2) is 6.34. The number of hydrogen-bond donors (Lipinski definition) is 0. The first-order chi connectivity index (χ1) is 10.6. The minimum atomic E-state index is 0.234. The van der Waals surface area contributed by atoms with Crippen molar-refractivity contribution in [2.75, 3.05) is 13.1 Å². The van der Waals surface area contributed by atoms with E-state index in [4.69, 9.17) is 0 Å². The van der Waals surface area contributed by atoms with Gasteiger partial charge in [-0.2, -0.15) is 5.10 Å². The van der Waals surface area contributed by atoms with Crippen molar-refractivity contribution in [2.24, 2.45) is 0 Å². The molecular formula is C18H23N3O. The van der Waals surface area contributed by atoms with Crippen LogP contribution in [-0.2, 0) is 11.2 Å². The van der Waals surface area contributed by atoms with Gasteiger partial charge in [0.25, 0.3) is 0 Å². The summed E-state index contributed by atoms with van der Waals surface area (Å²) in [7, 11) is 0. The van der Waals surface area contributed by atoms with E-state index < -0.39 is 0 Å². The van der Waals surface area contributed by atoms with Gasteiger partial charge < -0.3 is 4.90 Å². The van der Waals surface area contributed by atoms with Gasteiger partial charge in [-0.25, -0.2) is 0 Å². The fourth-order valence-corrected chi connectivity index (χ4v) is 3.26. The Hall–Kier alpha value is -2.10. The monoisotopic (exact) mass is 297 g/mol. The number of piperidine rings is 1. The average molecular weight is 297 g/mol. The third kappa shape index (κ3) is 3.21. The molecule has 1 aromatic heterocycles. The van der Waals surface area contributed by atoms with Crippen LogP contribution in [0.3, 0.4) is 0 Å². The topological polar surface area (TPSA) is 38.1 Å². The molecule has 4 nitrogen and oxygen atoms in total. The Labute approximate surface area is 131 Å². The Morgan fingerprint density at radius 2 is 1.86 bits per heavy atom. The minimum Gasteiger partial charge on any atom is -0.342 e. The molecule has 1 aliphatic heterocycles. The Morgan fingerprint density at radius 1 is 1.18 bits per heavy atom. The molecule has 0 radical (unpaired) electrons. The quantitative estimate of drug-likeness (QED) is 0.873. The van der Waals surface area contributed by atoms with Crippen molar-refractivity contribution in [1.82, 2.24) is 14.7 Å². The molecule has 1 fully saturated rings. The summed E-state index contributed by atoms with van der Waals surface area (Å²) in [5.41, 5.74) is 3.37. The highest BCUT2D eigenvalue weighted by Gasteiger charge is 2.25. The summed E-state index contributed by atoms with van der Waals surface area (Å²) in [5, 5.41) is 4.58. The fourth-order valence-electron chi connectivity index (χ4n) is 3.26. The van der Waals surface area contributed by atoms with Crippen LogP contribution in [0.25, 0.3) is 0 Å². The Bertz CT molecular complexity index is 640. The Balaban J connectivity index is 1.57. The molecule has 0 N–H and O–H groups in total. The first-order valence-electron chi connectivity index (χ1n) is 7.98. The summed E-state index contributed by atoms with van der Waals surface area (Å²) in [6, 6.07) is 12.5. The molecule has 22 heavy (non-hydrogen) atoms. The van der Waals surface area contributed by atoms with Crippen molar-refractivity contribution < 1.29 is 4.79 Å². The molecule has 4 heteroatoms. The minimum absolute atomic E-state index is 0.234. The fraction of sp³-hybridized carbons (Fsp3) is 0.444. The van der Waals surface area contributed by atoms with Crippen molar-refractivity contribution >= 4 is 5.91 Å². The van der Waals surface area contributed by atoms with Gasteiger partial charge in [-0.1, -0.05) is 30.3 Å². The Kier molecular flexibility index (Phi) is 4.27. The molecule has 1 aliphatic rings. The molecular weight excluding hydrogens is 274 g/mol. The summed E-state index contributed by atoms with van der Waals surface area (Å²) in [6.45, 7) is 5.79. The SMILES string of the molecule is Cc1cc(C)n(C2CCN(C(=O)Cc3ccccc3)CC2)n1. The molecule has 3 rings (SSSR count). The molecule has 1 aromatic carbocycles. The summed E-state index contributed by atoms with van der Waals surface area (Å²) in [6.07, 6.45) is 2.48. The maximum atomic E-state index is 12.4. The summed E-state index contributed by atoms with van der Waals surface area (Å²) >= 11 is 0. The van der Waals surface area contributed by atoms with Crippen LogP contribution in [0.1, 0.15) is 35.8 Å². The van der Waals surface area contributed by atoms with Crippen molar-refractivity contribution in [3.63, 3.8) is 0 Å². The third-order valence-corrected chi connectivity index (χ3v) is 4.41. The van der Waals surface area contributed by atoms with Crippen LogP contribution < -0.4 is 0 Å². The predicted octanol–water partition coefficient (Wildman–Crippen LogP) is 2.91. The zero-order chi connectivity index (χ0) is 15.5. The van der Waals surface area contributed by atoms with E-state index in [1.165, 1.54) is 5.69 Å². The lowest BCUT2D eigenvalue weighted by Crippen LogP contribution is -2.40. The largest absolute Gasteiger partial charge is 0.342 e. The molecule has 2 heterocycles. The van der Waals surface area contributed by atoms with Crippen molar-refractivity contribution in [3.8, 4) is 0 Å². The van der Waals surface area contributed by atoms with Gasteiger partial charge in [0, 0.05) is 18.8 Å². The molecule has 0 spiro atoms. The summed E-state index contributed by atoms with van der Waals surface area (Å²) in [5.74, 6) is 0.234. The lowest BCUT2D eigenvalue weighted by Gasteiger charge is -2.32. The van der Waals surface area contributed by atoms with Crippen LogP contribution in [0.15, 0.2) is 36.4 Å². The third-order valence-electron chi connectivity index (χ3n) is 4.41. The van der Waals surface area contributed by atoms with Gasteiger partial charge in [0.2, 0.25) is 5.91 Å². The number of aromatic nitrogens is 2. The van der Waals surface area contributed by atoms with E-state index in [1.807, 2.05) is 42.2 Å². The van der Waals surface area contributed by atoms with E-state index in [2.05, 4.69) is 22.8 Å². The highest BCUT2D eigenvalue weighted by molar-refractivity contribution is 5.78. The number of nitrogens with zero attached hydrogens (tertiary/aromatic N) is 3. The van der Waals surface area contributed by atoms with E-state index in [0.29, 0.717) is 12.5 Å². The lowest BCUT2D eigenvalue weighted by molar-refractivity contribution is -0.131. The second-order valence-electron chi connectivity index (χ2n) is 6.15. The van der Waals surface area contributed by atoms with Crippen LogP contribution in [0.2, 0.25) is 0 Å². The molecule has 1 amide bonds. The van der Waals surface area contributed by atoms with Gasteiger partial charge in [0.1, 0.15) is 0 Å². The molecule has 0 atom stereocenters. The first kappa shape index (κ1) is 14.8. The van der Waals surface area contributed by atoms with Gasteiger partial charge in [-0.3, -0.25) is 9.48 Å². The van der Waals surface area contributed by atoms with E-state index in [-0.39, 0.29) is 5.91 Å². The number of aryl methyl sites for hydroxylation is 2. The van der Waals surface area contributed by atoms with E-state index in [0.717, 1.165) is 37.2 Å². The summed E-state index contributed by atoms with van der Waals surface area (Å²) < 4.78 is 2.13. The molecule has 116 valence electrons. The number of benzene rings is 1. The van der Waals surface area contributed by atoms with E-state index >= 15 is 0 Å². The first-order valence-corrected chi connectivity index (χ1v) is 7.98. The number of hydrogen-bond acceptors (Lipinski definition) is 2. The molecule has 2 aromatic rings. The number of amides is 1. The molecule has 0 bridgehead atoms. The maximum Gasteiger partial charge on any atom is 0.226 e. The molecule has 0 unspecified atom stereocenters. The molecule has 0 aliphatic carbocycles. The lowest BCUT2D eigenvalue weighted by atomic mass is 10.0. The Morgan fingerprint density at radius 3 is 2.45 bits per heavy atom. The van der Waals surface area contributed by atoms with Gasteiger partial charge in [-0.05, 0) is 38.3 Å². The molecule has 1 saturated heterocycles. The maximum absolute atomic E-state index is 12.4. The summed E-state index contributed by atoms with van der Waals surface area (Å²) in [4.78, 5) is 14.4. The second-order valence-corrected chi connectivity index (χ2v) is 6.15. The van der Waals surface area contributed by atoms with Crippen LogP contribution in [0, 0.1) is 13.8 Å². The number of carbonyl (C=O) groups is 1. The average Bonchev–Trinajstić information content (AvgIpc) is 2.87. The van der Waals surface area contributed by atoms with Crippen molar-refractivity contribution in [3.05, 3.63) is 53.3 Å². The van der Waals surface area contributed by atoms with Crippen LogP contribution in [0.4, 0.5) is 0 Å². The van der Waals surface area contributed by atoms with Gasteiger partial charge >= 0.3 is 0 Å². The zero-order valence-corrected chi connectivity index (χ0v) is 13.3. The number of carbonyl (C=O) groups excluding carboxylic acids is 1. The van der Waals surface area contributed by atoms with Gasteiger partial charge in [-0.15, -0.1) is 0 Å². The standard InChI is InChI=1S/C18H23N3O/c1-14-12-15(2)21(19-14)17-8-10-20(11-9-17)18(22)13-16-6-4-3-5-7-16/h3-7,12,17H,8-11,13H2,1-2H3. The van der Waals surface area contributed by atoms with Crippen molar-refractivity contribution in [2.45, 2.75) is 39.2 Å². The van der Waals surface area contributed by atoms with Crippen LogP contribution in [-0.4, -0.2) is 33.7 Å². The van der Waals surface area contributed by atoms with Crippen LogP contribution in [0.5, 0.6) is 0 Å².